The Morgan fingerprint density at radius 1 is 1.27 bits per heavy atom. The van der Waals surface area contributed by atoms with Crippen molar-refractivity contribution in [1.29, 1.82) is 0 Å². The van der Waals surface area contributed by atoms with Crippen LogP contribution in [0.15, 0.2) is 0 Å². The number of carboxylic acids is 1. The first-order valence-electron chi connectivity index (χ1n) is 5.19. The molecular formula is C11H26INO2. The van der Waals surface area contributed by atoms with Gasteiger partial charge in [0.2, 0.25) is 0 Å². The fourth-order valence-corrected chi connectivity index (χ4v) is 1.30. The van der Waals surface area contributed by atoms with E-state index in [1.165, 1.54) is 6.54 Å². The molecule has 0 atom stereocenters. The van der Waals surface area contributed by atoms with Crippen molar-refractivity contribution in [2.75, 3.05) is 27.7 Å². The first-order valence-corrected chi connectivity index (χ1v) is 5.19. The predicted octanol–water partition coefficient (Wildman–Crippen LogP) is 1.50. The molecule has 0 heterocycles. The summed E-state index contributed by atoms with van der Waals surface area (Å²) in [5, 5.41) is 9.49. The van der Waals surface area contributed by atoms with Gasteiger partial charge in [-0.1, -0.05) is 27.2 Å². The third kappa shape index (κ3) is 31.4. The van der Waals surface area contributed by atoms with E-state index in [-0.39, 0.29) is 30.4 Å². The molecule has 3 nitrogen and oxygen atoms in total. The van der Waals surface area contributed by atoms with E-state index >= 15 is 0 Å². The maximum absolute atomic E-state index is 9.49. The highest BCUT2D eigenvalue weighted by Gasteiger charge is 2.08. The molecule has 0 bridgehead atoms. The van der Waals surface area contributed by atoms with Gasteiger partial charge in [-0.3, -0.25) is 0 Å². The third-order valence-electron chi connectivity index (χ3n) is 1.37. The summed E-state index contributed by atoms with van der Waals surface area (Å²) in [6.45, 7) is 7.57. The van der Waals surface area contributed by atoms with Crippen molar-refractivity contribution >= 4 is 29.9 Å². The van der Waals surface area contributed by atoms with E-state index in [2.05, 4.69) is 35.0 Å². The zero-order valence-electron chi connectivity index (χ0n) is 10.9. The fourth-order valence-electron chi connectivity index (χ4n) is 1.30. The second-order valence-corrected chi connectivity index (χ2v) is 4.99. The summed E-state index contributed by atoms with van der Waals surface area (Å²) in [7, 11) is 6.67. The van der Waals surface area contributed by atoms with Crippen LogP contribution in [0.1, 0.15) is 33.6 Å². The topological polar surface area (TPSA) is 40.1 Å². The van der Waals surface area contributed by atoms with Gasteiger partial charge in [-0.2, -0.15) is 0 Å². The Bertz CT molecular complexity index is 153. The monoisotopic (exact) mass is 331 g/mol. The Morgan fingerprint density at radius 3 is 1.67 bits per heavy atom. The molecule has 0 spiro atoms. The number of carboxylic acid groups (broad SMARTS) is 1. The van der Waals surface area contributed by atoms with Crippen LogP contribution in [0.3, 0.4) is 0 Å². The number of rotatable bonds is 4. The summed E-state index contributed by atoms with van der Waals surface area (Å²) in [6, 6.07) is 0. The van der Waals surface area contributed by atoms with Gasteiger partial charge < -0.3 is 14.4 Å². The van der Waals surface area contributed by atoms with Crippen LogP contribution in [0.5, 0.6) is 0 Å². The first kappa shape index (κ1) is 20.6. The minimum atomic E-state index is -0.961. The molecule has 0 aromatic rings. The van der Waals surface area contributed by atoms with Crippen LogP contribution in [-0.4, -0.2) is 38.1 Å². The van der Waals surface area contributed by atoms with Crippen LogP contribution in [0, 0.1) is 5.92 Å². The van der Waals surface area contributed by atoms with E-state index in [9.17, 15) is 9.90 Å². The highest BCUT2D eigenvalue weighted by atomic mass is 127. The zero-order chi connectivity index (χ0) is 11.8. The van der Waals surface area contributed by atoms with Crippen LogP contribution in [0.2, 0.25) is 0 Å². The van der Waals surface area contributed by atoms with Crippen molar-refractivity contribution in [3.05, 3.63) is 0 Å². The normalized spacial score (nSPS) is 10.1. The number of aliphatic carboxylic acids is 1. The molecule has 0 N–H and O–H groups in total. The van der Waals surface area contributed by atoms with E-state index < -0.39 is 5.97 Å². The molecule has 0 rings (SSSR count). The lowest BCUT2D eigenvalue weighted by Crippen LogP contribution is -2.37. The van der Waals surface area contributed by atoms with Gasteiger partial charge in [0, 0.05) is 11.9 Å². The number of carbonyl (C=O) groups is 1. The number of nitrogens with zero attached hydrogens (tertiary/aromatic N) is 1. The fraction of sp³-hybridized carbons (Fsp3) is 0.909. The number of hydrogen-bond donors (Lipinski definition) is 0. The van der Waals surface area contributed by atoms with Crippen molar-refractivity contribution in [1.82, 2.24) is 0 Å². The van der Waals surface area contributed by atoms with Crippen molar-refractivity contribution in [3.63, 3.8) is 0 Å². The lowest BCUT2D eigenvalue weighted by Gasteiger charge is -2.25. The van der Waals surface area contributed by atoms with Gasteiger partial charge in [0.05, 0.1) is 27.7 Å². The minimum absolute atomic E-state index is 0. The van der Waals surface area contributed by atoms with E-state index in [1.54, 1.807) is 6.92 Å². The van der Waals surface area contributed by atoms with Crippen LogP contribution < -0.4 is 5.11 Å². The molecule has 0 saturated heterocycles. The molecule has 0 unspecified atom stereocenters. The van der Waals surface area contributed by atoms with Gasteiger partial charge >= 0.3 is 0 Å². The van der Waals surface area contributed by atoms with Crippen molar-refractivity contribution in [3.8, 4) is 0 Å². The van der Waals surface area contributed by atoms with Crippen molar-refractivity contribution in [2.24, 2.45) is 5.92 Å². The Morgan fingerprint density at radius 2 is 1.67 bits per heavy atom. The van der Waals surface area contributed by atoms with Gasteiger partial charge in [0.1, 0.15) is 0 Å². The summed E-state index contributed by atoms with van der Waals surface area (Å²) in [5.41, 5.74) is 0. The lowest BCUT2D eigenvalue weighted by atomic mass is 10.2. The highest BCUT2D eigenvalue weighted by Crippen LogP contribution is 1.98. The summed E-state index contributed by atoms with van der Waals surface area (Å²) in [4.78, 5) is 9.49. The molecule has 0 saturated carbocycles. The zero-order valence-corrected chi connectivity index (χ0v) is 13.2. The predicted molar refractivity (Wildman–Crippen MR) is 73.1 cm³/mol. The standard InChI is InChI=1S/C7H18N.C4H8O2.HI/c1-7(2)6-8(3,4)5;1-2-3-4(5)6;/h7H,6H2,1-5H3;2-3H2,1H3,(H,5,6);1H/q+1;;/p-1. The van der Waals surface area contributed by atoms with Crippen LogP contribution in [-0.2, 0) is 4.79 Å². The van der Waals surface area contributed by atoms with E-state index in [0.29, 0.717) is 6.42 Å². The molecule has 4 heteroatoms. The molecular weight excluding hydrogens is 305 g/mol. The lowest BCUT2D eigenvalue weighted by molar-refractivity contribution is -0.873. The summed E-state index contributed by atoms with van der Waals surface area (Å²) in [5.74, 6) is -0.146. The van der Waals surface area contributed by atoms with Crippen molar-refractivity contribution < 1.29 is 14.4 Å². The molecule has 0 aliphatic heterocycles. The van der Waals surface area contributed by atoms with E-state index in [1.807, 2.05) is 0 Å². The Balaban J connectivity index is -0.000000187. The van der Waals surface area contributed by atoms with E-state index in [4.69, 9.17) is 0 Å². The quantitative estimate of drug-likeness (QED) is 0.579. The number of halogens is 1. The van der Waals surface area contributed by atoms with E-state index in [0.717, 1.165) is 10.4 Å². The average Bonchev–Trinajstić information content (AvgIpc) is 1.80. The smallest absolute Gasteiger partial charge is 0.0803 e. The summed E-state index contributed by atoms with van der Waals surface area (Å²) >= 11 is 0. The third-order valence-corrected chi connectivity index (χ3v) is 1.37. The second kappa shape index (κ2) is 10.7. The first-order chi connectivity index (χ1) is 6.19. The maximum atomic E-state index is 9.49. The molecule has 0 radical (unpaired) electrons. The molecule has 0 aliphatic rings. The number of carbonyl (C=O) groups excluding carboxylic acids is 1. The molecule has 0 aromatic heterocycles. The van der Waals surface area contributed by atoms with Gasteiger partial charge in [-0.25, -0.2) is 0 Å². The van der Waals surface area contributed by atoms with Crippen LogP contribution >= 0.6 is 24.0 Å². The minimum Gasteiger partial charge on any atom is -0.550 e. The van der Waals surface area contributed by atoms with Crippen LogP contribution in [0.4, 0.5) is 0 Å². The molecule has 94 valence electrons. The Kier molecular flexibility index (Phi) is 14.6. The Hall–Kier alpha value is 0.160. The van der Waals surface area contributed by atoms with Gasteiger partial charge in [0.25, 0.3) is 0 Å². The SMILES string of the molecule is CC(C)C[N+](C)(C)C.CCCC(=O)[O-].I. The molecule has 0 fully saturated rings. The maximum Gasteiger partial charge on any atom is 0.0803 e. The summed E-state index contributed by atoms with van der Waals surface area (Å²) in [6.07, 6.45) is 0.850. The molecule has 15 heavy (non-hydrogen) atoms. The number of hydrogen-bond acceptors (Lipinski definition) is 2. The van der Waals surface area contributed by atoms with Gasteiger partial charge in [-0.05, 0) is 6.42 Å². The summed E-state index contributed by atoms with van der Waals surface area (Å²) < 4.78 is 1.08. The van der Waals surface area contributed by atoms with Gasteiger partial charge in [0.15, 0.2) is 0 Å². The Labute approximate surface area is 111 Å². The van der Waals surface area contributed by atoms with Crippen molar-refractivity contribution in [2.45, 2.75) is 33.6 Å². The highest BCUT2D eigenvalue weighted by molar-refractivity contribution is 14.0. The number of quaternary nitrogens is 1. The second-order valence-electron chi connectivity index (χ2n) is 4.99. The molecule has 0 aliphatic carbocycles. The van der Waals surface area contributed by atoms with Crippen LogP contribution in [0.25, 0.3) is 0 Å². The average molecular weight is 331 g/mol. The van der Waals surface area contributed by atoms with Gasteiger partial charge in [-0.15, -0.1) is 24.0 Å². The largest absolute Gasteiger partial charge is 0.550 e. The molecule has 0 amide bonds. The molecule has 0 aromatic carbocycles.